The Balaban J connectivity index is 1.65. The third-order valence-electron chi connectivity index (χ3n) is 5.43. The number of nitrogens with zero attached hydrogens (tertiary/aromatic N) is 4. The molecule has 0 unspecified atom stereocenters. The van der Waals surface area contributed by atoms with E-state index in [1.54, 1.807) is 43.1 Å². The zero-order chi connectivity index (χ0) is 24.9. The van der Waals surface area contributed by atoms with Gasteiger partial charge >= 0.3 is 5.97 Å². The van der Waals surface area contributed by atoms with Crippen molar-refractivity contribution in [3.05, 3.63) is 92.4 Å². The van der Waals surface area contributed by atoms with E-state index in [1.807, 2.05) is 17.5 Å². The number of hydrogen-bond acceptors (Lipinski definition) is 9. The van der Waals surface area contributed by atoms with E-state index in [0.717, 1.165) is 5.69 Å². The Morgan fingerprint density at radius 2 is 2.09 bits per heavy atom. The number of carbonyl (C=O) groups excluding carboxylic acids is 2. The lowest BCUT2D eigenvalue weighted by Crippen LogP contribution is -2.38. The van der Waals surface area contributed by atoms with Crippen molar-refractivity contribution in [1.29, 1.82) is 0 Å². The van der Waals surface area contributed by atoms with Gasteiger partial charge in [0, 0.05) is 24.0 Å². The van der Waals surface area contributed by atoms with Crippen LogP contribution in [0.25, 0.3) is 0 Å². The Morgan fingerprint density at radius 3 is 2.80 bits per heavy atom. The summed E-state index contributed by atoms with van der Waals surface area (Å²) in [6.45, 7) is 3.86. The zero-order valence-corrected chi connectivity index (χ0v) is 19.9. The Labute approximate surface area is 205 Å². The summed E-state index contributed by atoms with van der Waals surface area (Å²) in [5.41, 5.74) is 2.52. The fraction of sp³-hybridized carbons (Fsp3) is 0.250. The monoisotopic (exact) mass is 493 g/mol. The van der Waals surface area contributed by atoms with Crippen LogP contribution in [0, 0.1) is 10.1 Å². The van der Waals surface area contributed by atoms with Crippen molar-refractivity contribution in [3.63, 3.8) is 0 Å². The highest BCUT2D eigenvalue weighted by molar-refractivity contribution is 8.16. The summed E-state index contributed by atoms with van der Waals surface area (Å²) < 4.78 is 5.29. The van der Waals surface area contributed by atoms with Crippen molar-refractivity contribution in [1.82, 2.24) is 15.2 Å². The van der Waals surface area contributed by atoms with Gasteiger partial charge in [0.15, 0.2) is 5.17 Å². The lowest BCUT2D eigenvalue weighted by atomic mass is 9.93. The van der Waals surface area contributed by atoms with Crippen LogP contribution in [0.4, 0.5) is 5.69 Å². The highest BCUT2D eigenvalue weighted by Gasteiger charge is 2.41. The van der Waals surface area contributed by atoms with Crippen LogP contribution >= 0.6 is 11.8 Å². The number of rotatable bonds is 8. The fourth-order valence-electron chi connectivity index (χ4n) is 3.88. The van der Waals surface area contributed by atoms with Gasteiger partial charge in [-0.1, -0.05) is 30.0 Å². The number of aromatic nitrogens is 1. The van der Waals surface area contributed by atoms with Gasteiger partial charge in [-0.25, -0.2) is 9.79 Å². The van der Waals surface area contributed by atoms with E-state index in [1.165, 1.54) is 23.9 Å². The van der Waals surface area contributed by atoms with Gasteiger partial charge in [0.2, 0.25) is 5.91 Å². The second kappa shape index (κ2) is 10.5. The van der Waals surface area contributed by atoms with Gasteiger partial charge in [-0.15, -0.1) is 0 Å². The van der Waals surface area contributed by atoms with Gasteiger partial charge in [-0.3, -0.25) is 19.9 Å². The van der Waals surface area contributed by atoms with Crippen LogP contribution in [0.2, 0.25) is 0 Å². The second-order valence-corrected chi connectivity index (χ2v) is 8.58. The Bertz CT molecular complexity index is 1260. The van der Waals surface area contributed by atoms with Gasteiger partial charge in [-0.2, -0.15) is 0 Å². The molecular weight excluding hydrogens is 470 g/mol. The van der Waals surface area contributed by atoms with Crippen molar-refractivity contribution < 1.29 is 19.2 Å². The van der Waals surface area contributed by atoms with Crippen molar-refractivity contribution in [2.24, 2.45) is 4.99 Å². The molecule has 1 amide bonds. The zero-order valence-electron chi connectivity index (χ0n) is 19.1. The number of nitrogens with one attached hydrogen (secondary N) is 1. The number of thioether (sulfide) groups is 1. The standard InChI is InChI=1S/C24H23N5O5S/c1-3-34-23(31)21-15(2)27-24-28(22(21)16-7-6-9-18(11-16)29(32)33)19(14-35-24)12-20(30)26-13-17-8-4-5-10-25-17/h4-11,14,22H,3,12-13H2,1-2H3,(H,26,30)/t22-/m0/s1. The molecule has 10 nitrogen and oxygen atoms in total. The van der Waals surface area contributed by atoms with Gasteiger partial charge in [0.05, 0.1) is 47.5 Å². The molecule has 1 N–H and O–H groups in total. The Hall–Kier alpha value is -3.99. The molecule has 0 spiro atoms. The molecule has 2 aromatic rings. The third-order valence-corrected chi connectivity index (χ3v) is 6.32. The predicted octanol–water partition coefficient (Wildman–Crippen LogP) is 3.83. The maximum Gasteiger partial charge on any atom is 0.338 e. The average Bonchev–Trinajstić information content (AvgIpc) is 3.24. The Morgan fingerprint density at radius 1 is 1.26 bits per heavy atom. The third kappa shape index (κ3) is 5.24. The van der Waals surface area contributed by atoms with Crippen LogP contribution in [-0.4, -0.2) is 38.5 Å². The molecular formula is C24H23N5O5S. The number of amides is 1. The number of non-ortho nitro benzene ring substituents is 1. The van der Waals surface area contributed by atoms with Crippen LogP contribution < -0.4 is 5.32 Å². The molecule has 4 rings (SSSR count). The minimum Gasteiger partial charge on any atom is -0.463 e. The molecule has 0 aliphatic carbocycles. The maximum atomic E-state index is 13.0. The minimum atomic E-state index is -0.730. The van der Waals surface area contributed by atoms with Gasteiger partial charge in [0.1, 0.15) is 0 Å². The number of fused-ring (bicyclic) bond motifs is 1. The van der Waals surface area contributed by atoms with Crippen LogP contribution in [0.3, 0.4) is 0 Å². The highest BCUT2D eigenvalue weighted by Crippen LogP contribution is 2.45. The number of benzene rings is 1. The first kappa shape index (κ1) is 24.1. The summed E-state index contributed by atoms with van der Waals surface area (Å²) in [5, 5.41) is 16.7. The molecule has 180 valence electrons. The molecule has 3 heterocycles. The van der Waals surface area contributed by atoms with Crippen molar-refractivity contribution in [2.45, 2.75) is 32.9 Å². The summed E-state index contributed by atoms with van der Waals surface area (Å²) in [5.74, 6) is -0.786. The minimum absolute atomic E-state index is 0.0272. The summed E-state index contributed by atoms with van der Waals surface area (Å²) in [6.07, 6.45) is 1.68. The summed E-state index contributed by atoms with van der Waals surface area (Å²) >= 11 is 1.33. The second-order valence-electron chi connectivity index (χ2n) is 7.74. The van der Waals surface area contributed by atoms with Crippen LogP contribution in [0.1, 0.15) is 37.6 Å². The van der Waals surface area contributed by atoms with E-state index in [-0.39, 0.29) is 36.7 Å². The van der Waals surface area contributed by atoms with Crippen molar-refractivity contribution >= 4 is 34.5 Å². The molecule has 35 heavy (non-hydrogen) atoms. The number of pyridine rings is 1. The average molecular weight is 494 g/mol. The number of ether oxygens (including phenoxy) is 1. The lowest BCUT2D eigenvalue weighted by Gasteiger charge is -2.36. The summed E-state index contributed by atoms with van der Waals surface area (Å²) in [6, 6.07) is 10.8. The molecule has 0 saturated carbocycles. The first-order valence-corrected chi connectivity index (χ1v) is 11.8. The van der Waals surface area contributed by atoms with E-state index < -0.39 is 16.9 Å². The van der Waals surface area contributed by atoms with E-state index in [0.29, 0.717) is 22.1 Å². The number of nitro groups is 1. The molecule has 1 atom stereocenters. The highest BCUT2D eigenvalue weighted by atomic mass is 32.2. The van der Waals surface area contributed by atoms with Crippen LogP contribution in [-0.2, 0) is 20.9 Å². The van der Waals surface area contributed by atoms with Crippen LogP contribution in [0.15, 0.2) is 76.0 Å². The SMILES string of the molecule is CCOC(=O)C1=C(C)N=C2SC=C(CC(=O)NCc3ccccn3)N2[C@H]1c1cccc([N+](=O)[O-])c1. The van der Waals surface area contributed by atoms with E-state index in [2.05, 4.69) is 15.3 Å². The molecule has 2 aliphatic rings. The number of aliphatic imine (C=N–C) groups is 1. The number of allylic oxidation sites excluding steroid dienone is 1. The quantitative estimate of drug-likeness (QED) is 0.334. The van der Waals surface area contributed by atoms with Gasteiger partial charge in [-0.05, 0) is 37.0 Å². The van der Waals surface area contributed by atoms with Crippen LogP contribution in [0.5, 0.6) is 0 Å². The number of esters is 1. The summed E-state index contributed by atoms with van der Waals surface area (Å²) in [7, 11) is 0. The van der Waals surface area contributed by atoms with E-state index in [4.69, 9.17) is 4.74 Å². The van der Waals surface area contributed by atoms with Crippen molar-refractivity contribution in [2.75, 3.05) is 6.61 Å². The fourth-order valence-corrected chi connectivity index (χ4v) is 4.85. The van der Waals surface area contributed by atoms with Gasteiger partial charge < -0.3 is 15.0 Å². The lowest BCUT2D eigenvalue weighted by molar-refractivity contribution is -0.384. The summed E-state index contributed by atoms with van der Waals surface area (Å²) in [4.78, 5) is 47.2. The smallest absolute Gasteiger partial charge is 0.338 e. The molecule has 0 bridgehead atoms. The molecule has 1 aromatic heterocycles. The van der Waals surface area contributed by atoms with E-state index >= 15 is 0 Å². The molecule has 11 heteroatoms. The number of carbonyl (C=O) groups is 2. The molecule has 0 saturated heterocycles. The normalized spacial score (nSPS) is 16.9. The maximum absolute atomic E-state index is 13.0. The Kier molecular flexibility index (Phi) is 7.25. The topological polar surface area (TPSA) is 127 Å². The largest absolute Gasteiger partial charge is 0.463 e. The molecule has 0 radical (unpaired) electrons. The van der Waals surface area contributed by atoms with Crippen molar-refractivity contribution in [3.8, 4) is 0 Å². The number of hydrogen-bond donors (Lipinski definition) is 1. The van der Waals surface area contributed by atoms with E-state index in [9.17, 15) is 19.7 Å². The molecule has 1 aromatic carbocycles. The molecule has 2 aliphatic heterocycles. The molecule has 0 fully saturated rings. The first-order chi connectivity index (χ1) is 16.9. The number of amidine groups is 1. The number of nitro benzene ring substituents is 1. The van der Waals surface area contributed by atoms with Gasteiger partial charge in [0.25, 0.3) is 5.69 Å². The first-order valence-electron chi connectivity index (χ1n) is 10.9. The predicted molar refractivity (Wildman–Crippen MR) is 131 cm³/mol.